The van der Waals surface area contributed by atoms with E-state index in [1.165, 1.54) is 5.56 Å². The molecule has 0 fully saturated rings. The number of hydrogen-bond donors (Lipinski definition) is 1. The third-order valence-corrected chi connectivity index (χ3v) is 6.08. The van der Waals surface area contributed by atoms with Crippen molar-refractivity contribution in [2.75, 3.05) is 12.3 Å². The van der Waals surface area contributed by atoms with Gasteiger partial charge >= 0.3 is 0 Å². The highest BCUT2D eigenvalue weighted by atomic mass is 35.5. The highest BCUT2D eigenvalue weighted by Crippen LogP contribution is 2.17. The van der Waals surface area contributed by atoms with Crippen LogP contribution in [0, 0.1) is 0 Å². The number of amides is 2. The first kappa shape index (κ1) is 24.3. The quantitative estimate of drug-likeness (QED) is 0.450. The van der Waals surface area contributed by atoms with Gasteiger partial charge in [-0.15, -0.1) is 0 Å². The molecule has 2 amide bonds. The summed E-state index contributed by atoms with van der Waals surface area (Å²) in [6.45, 7) is 4.87. The first-order chi connectivity index (χ1) is 14.5. The second kappa shape index (κ2) is 13.3. The van der Waals surface area contributed by atoms with Crippen LogP contribution in [0.3, 0.4) is 0 Å². The molecule has 162 valence electrons. The van der Waals surface area contributed by atoms with E-state index in [-0.39, 0.29) is 11.8 Å². The Morgan fingerprint density at radius 3 is 2.53 bits per heavy atom. The predicted octanol–water partition coefficient (Wildman–Crippen LogP) is 5.30. The minimum absolute atomic E-state index is 0.0197. The molecule has 0 saturated carbocycles. The maximum atomic E-state index is 13.0. The lowest BCUT2D eigenvalue weighted by Gasteiger charge is -2.29. The van der Waals surface area contributed by atoms with Crippen molar-refractivity contribution in [3.8, 4) is 0 Å². The zero-order chi connectivity index (χ0) is 21.8. The van der Waals surface area contributed by atoms with Crippen LogP contribution in [0.25, 0.3) is 0 Å². The van der Waals surface area contributed by atoms with Crippen molar-refractivity contribution in [3.63, 3.8) is 0 Å². The van der Waals surface area contributed by atoms with Crippen LogP contribution in [0.5, 0.6) is 0 Å². The molecule has 0 saturated heterocycles. The number of nitrogens with zero attached hydrogens (tertiary/aromatic N) is 1. The number of rotatable bonds is 12. The van der Waals surface area contributed by atoms with Crippen LogP contribution < -0.4 is 5.32 Å². The number of hydrogen-bond acceptors (Lipinski definition) is 3. The maximum absolute atomic E-state index is 13.0. The standard InChI is InChI=1S/C24H31ClN2O2S/c1-3-4-14-26-24(29)19(2)27(17-21-11-8-12-22(25)16-21)23(28)13-15-30-18-20-9-6-5-7-10-20/h5-12,16,19H,3-4,13-15,17-18H2,1-2H3,(H,26,29)/t19-/m0/s1. The average Bonchev–Trinajstić information content (AvgIpc) is 2.75. The molecule has 2 aromatic rings. The Labute approximate surface area is 189 Å². The fourth-order valence-electron chi connectivity index (χ4n) is 3.02. The number of unbranched alkanes of at least 4 members (excludes halogenated alkanes) is 1. The fourth-order valence-corrected chi connectivity index (χ4v) is 4.12. The van der Waals surface area contributed by atoms with Gasteiger partial charge in [0.25, 0.3) is 0 Å². The number of carbonyl (C=O) groups excluding carboxylic acids is 2. The molecule has 0 aliphatic rings. The van der Waals surface area contributed by atoms with Crippen LogP contribution in [0.2, 0.25) is 5.02 Å². The lowest BCUT2D eigenvalue weighted by Crippen LogP contribution is -2.47. The van der Waals surface area contributed by atoms with E-state index in [1.54, 1.807) is 29.7 Å². The maximum Gasteiger partial charge on any atom is 0.242 e. The molecule has 0 aliphatic carbocycles. The van der Waals surface area contributed by atoms with Crippen molar-refractivity contribution in [3.05, 3.63) is 70.7 Å². The van der Waals surface area contributed by atoms with Gasteiger partial charge in [-0.2, -0.15) is 11.8 Å². The third-order valence-electron chi connectivity index (χ3n) is 4.81. The molecule has 0 aromatic heterocycles. The summed E-state index contributed by atoms with van der Waals surface area (Å²) in [6, 6.07) is 17.1. The molecule has 2 aromatic carbocycles. The minimum Gasteiger partial charge on any atom is -0.354 e. The van der Waals surface area contributed by atoms with Gasteiger partial charge in [0, 0.05) is 36.0 Å². The zero-order valence-electron chi connectivity index (χ0n) is 17.8. The molecular weight excluding hydrogens is 416 g/mol. The third kappa shape index (κ3) is 8.41. The van der Waals surface area contributed by atoms with Crippen LogP contribution in [0.1, 0.15) is 44.2 Å². The van der Waals surface area contributed by atoms with E-state index in [1.807, 2.05) is 36.4 Å². The molecule has 0 unspecified atom stereocenters. The lowest BCUT2D eigenvalue weighted by molar-refractivity contribution is -0.140. The lowest BCUT2D eigenvalue weighted by atomic mass is 10.1. The van der Waals surface area contributed by atoms with Gasteiger partial charge in [-0.1, -0.05) is 67.4 Å². The Hall–Kier alpha value is -1.98. The molecule has 0 bridgehead atoms. The van der Waals surface area contributed by atoms with Crippen molar-refractivity contribution in [2.45, 2.75) is 51.4 Å². The predicted molar refractivity (Wildman–Crippen MR) is 127 cm³/mol. The largest absolute Gasteiger partial charge is 0.354 e. The summed E-state index contributed by atoms with van der Waals surface area (Å²) in [5.74, 6) is 1.45. The Balaban J connectivity index is 1.97. The molecule has 0 radical (unpaired) electrons. The highest BCUT2D eigenvalue weighted by molar-refractivity contribution is 7.98. The van der Waals surface area contributed by atoms with Gasteiger partial charge in [-0.05, 0) is 36.6 Å². The first-order valence-electron chi connectivity index (χ1n) is 10.4. The summed E-state index contributed by atoms with van der Waals surface area (Å²) in [6.07, 6.45) is 2.33. The summed E-state index contributed by atoms with van der Waals surface area (Å²) in [7, 11) is 0. The molecule has 6 heteroatoms. The van der Waals surface area contributed by atoms with Gasteiger partial charge in [0.1, 0.15) is 6.04 Å². The van der Waals surface area contributed by atoms with Crippen LogP contribution in [-0.2, 0) is 21.9 Å². The Morgan fingerprint density at radius 1 is 1.10 bits per heavy atom. The van der Waals surface area contributed by atoms with Gasteiger partial charge < -0.3 is 10.2 Å². The molecule has 4 nitrogen and oxygen atoms in total. The van der Waals surface area contributed by atoms with Crippen LogP contribution in [-0.4, -0.2) is 35.1 Å². The fraction of sp³-hybridized carbons (Fsp3) is 0.417. The molecule has 0 spiro atoms. The zero-order valence-corrected chi connectivity index (χ0v) is 19.3. The summed E-state index contributed by atoms with van der Waals surface area (Å²) in [4.78, 5) is 27.3. The number of carbonyl (C=O) groups is 2. The second-order valence-corrected chi connectivity index (χ2v) is 8.80. The van der Waals surface area contributed by atoms with E-state index < -0.39 is 6.04 Å². The van der Waals surface area contributed by atoms with E-state index in [4.69, 9.17) is 11.6 Å². The normalized spacial score (nSPS) is 11.7. The number of benzene rings is 2. The Kier molecular flexibility index (Phi) is 10.8. The molecule has 2 rings (SSSR count). The van der Waals surface area contributed by atoms with Crippen molar-refractivity contribution < 1.29 is 9.59 Å². The van der Waals surface area contributed by atoms with Crippen LogP contribution >= 0.6 is 23.4 Å². The monoisotopic (exact) mass is 446 g/mol. The molecule has 1 N–H and O–H groups in total. The van der Waals surface area contributed by atoms with Gasteiger partial charge in [-0.3, -0.25) is 9.59 Å². The van der Waals surface area contributed by atoms with Crippen molar-refractivity contribution in [1.29, 1.82) is 0 Å². The van der Waals surface area contributed by atoms with Gasteiger partial charge in [0.2, 0.25) is 11.8 Å². The number of nitrogens with one attached hydrogen (secondary N) is 1. The molecule has 0 heterocycles. The molecule has 0 aliphatic heterocycles. The second-order valence-electron chi connectivity index (χ2n) is 7.26. The van der Waals surface area contributed by atoms with E-state index in [9.17, 15) is 9.59 Å². The van der Waals surface area contributed by atoms with Gasteiger partial charge in [0.15, 0.2) is 0 Å². The van der Waals surface area contributed by atoms with Crippen molar-refractivity contribution >= 4 is 35.2 Å². The van der Waals surface area contributed by atoms with Gasteiger partial charge in [0.05, 0.1) is 0 Å². The summed E-state index contributed by atoms with van der Waals surface area (Å²) >= 11 is 7.84. The van der Waals surface area contributed by atoms with Gasteiger partial charge in [-0.25, -0.2) is 0 Å². The smallest absolute Gasteiger partial charge is 0.242 e. The average molecular weight is 447 g/mol. The number of thioether (sulfide) groups is 1. The molecule has 30 heavy (non-hydrogen) atoms. The van der Waals surface area contributed by atoms with E-state index >= 15 is 0 Å². The summed E-state index contributed by atoms with van der Waals surface area (Å²) in [5, 5.41) is 3.56. The highest BCUT2D eigenvalue weighted by Gasteiger charge is 2.25. The van der Waals surface area contributed by atoms with Crippen LogP contribution in [0.15, 0.2) is 54.6 Å². The molecular formula is C24H31ClN2O2S. The summed E-state index contributed by atoms with van der Waals surface area (Å²) in [5.41, 5.74) is 2.16. The SMILES string of the molecule is CCCCNC(=O)[C@H](C)N(Cc1cccc(Cl)c1)C(=O)CCSCc1ccccc1. The van der Waals surface area contributed by atoms with Crippen LogP contribution in [0.4, 0.5) is 0 Å². The minimum atomic E-state index is -0.535. The van der Waals surface area contributed by atoms with E-state index in [0.29, 0.717) is 30.3 Å². The Bertz CT molecular complexity index is 801. The van der Waals surface area contributed by atoms with Crippen molar-refractivity contribution in [2.24, 2.45) is 0 Å². The van der Waals surface area contributed by atoms with Crippen molar-refractivity contribution in [1.82, 2.24) is 10.2 Å². The molecule has 1 atom stereocenters. The topological polar surface area (TPSA) is 49.4 Å². The summed E-state index contributed by atoms with van der Waals surface area (Å²) < 4.78 is 0. The number of halogens is 1. The Morgan fingerprint density at radius 2 is 1.83 bits per heavy atom. The van der Waals surface area contributed by atoms with E-state index in [0.717, 1.165) is 24.2 Å². The first-order valence-corrected chi connectivity index (χ1v) is 12.0. The van der Waals surface area contributed by atoms with E-state index in [2.05, 4.69) is 24.4 Å².